The lowest BCUT2D eigenvalue weighted by Crippen LogP contribution is -2.30. The summed E-state index contributed by atoms with van der Waals surface area (Å²) in [7, 11) is 0. The summed E-state index contributed by atoms with van der Waals surface area (Å²) in [5, 5.41) is 0. The zero-order valence-corrected chi connectivity index (χ0v) is 21.0. The van der Waals surface area contributed by atoms with Gasteiger partial charge in [0.25, 0.3) is 0 Å². The number of hydrogen-bond donors (Lipinski definition) is 0. The summed E-state index contributed by atoms with van der Waals surface area (Å²) in [5.41, 5.74) is 0.587. The highest BCUT2D eigenvalue weighted by atomic mass is 19.1. The molecule has 0 radical (unpaired) electrons. The maximum absolute atomic E-state index is 15.2. The molecule has 2 aromatic rings. The molecule has 1 aliphatic heterocycles. The highest BCUT2D eigenvalue weighted by Crippen LogP contribution is 2.48. The van der Waals surface area contributed by atoms with E-state index in [0.29, 0.717) is 5.92 Å². The number of fused-ring (bicyclic) bond motifs is 1. The van der Waals surface area contributed by atoms with Crippen molar-refractivity contribution in [2.75, 3.05) is 6.61 Å². The molecule has 2 fully saturated rings. The number of ether oxygens (including phenoxy) is 1. The molecule has 188 valence electrons. The molecule has 4 unspecified atom stereocenters. The number of hydrogen-bond acceptors (Lipinski definition) is 2. The first-order chi connectivity index (χ1) is 16.7. The van der Waals surface area contributed by atoms with Crippen molar-refractivity contribution in [2.24, 2.45) is 22.7 Å². The maximum Gasteiger partial charge on any atom is 0.222 e. The van der Waals surface area contributed by atoms with Crippen molar-refractivity contribution in [2.45, 2.75) is 83.6 Å². The second-order valence-electron chi connectivity index (χ2n) is 11.6. The van der Waals surface area contributed by atoms with Crippen LogP contribution in [0.25, 0.3) is 11.1 Å². The monoisotopic (exact) mass is 483 g/mol. The van der Waals surface area contributed by atoms with Crippen LogP contribution < -0.4 is 0 Å². The molecule has 0 bridgehead atoms. The Morgan fingerprint density at radius 2 is 1.63 bits per heavy atom. The third-order valence-corrected chi connectivity index (χ3v) is 8.42. The molecule has 4 atom stereocenters. The topological polar surface area (TPSA) is 21.6 Å². The summed E-state index contributed by atoms with van der Waals surface area (Å²) in [6.07, 6.45) is 10.0. The molecule has 5 heteroatoms. The number of aliphatic imine (C=N–C) groups is 1. The van der Waals surface area contributed by atoms with Crippen LogP contribution in [0.5, 0.6) is 0 Å². The lowest BCUT2D eigenvalue weighted by molar-refractivity contribution is 0.114. The van der Waals surface area contributed by atoms with Gasteiger partial charge in [-0.2, -0.15) is 0 Å². The van der Waals surface area contributed by atoms with E-state index in [1.807, 2.05) is 19.9 Å². The van der Waals surface area contributed by atoms with Crippen molar-refractivity contribution in [3.63, 3.8) is 0 Å². The van der Waals surface area contributed by atoms with Gasteiger partial charge < -0.3 is 4.74 Å². The van der Waals surface area contributed by atoms with Crippen LogP contribution in [-0.2, 0) is 4.74 Å². The average molecular weight is 484 g/mol. The van der Waals surface area contributed by atoms with Gasteiger partial charge in [0, 0.05) is 5.56 Å². The predicted octanol–water partition coefficient (Wildman–Crippen LogP) is 8.43. The average Bonchev–Trinajstić information content (AvgIpc) is 3.17. The van der Waals surface area contributed by atoms with E-state index in [9.17, 15) is 8.78 Å². The van der Waals surface area contributed by atoms with E-state index in [1.165, 1.54) is 50.7 Å². The minimum absolute atomic E-state index is 0.0355. The summed E-state index contributed by atoms with van der Waals surface area (Å²) < 4.78 is 50.5. The molecule has 0 saturated heterocycles. The van der Waals surface area contributed by atoms with E-state index in [-0.39, 0.29) is 29.2 Å². The predicted molar refractivity (Wildman–Crippen MR) is 134 cm³/mol. The van der Waals surface area contributed by atoms with Gasteiger partial charge in [-0.3, -0.25) is 0 Å². The number of nitrogens with zero attached hydrogens (tertiary/aromatic N) is 1. The Morgan fingerprint density at radius 1 is 0.914 bits per heavy atom. The zero-order valence-electron chi connectivity index (χ0n) is 21.0. The van der Waals surface area contributed by atoms with Crippen molar-refractivity contribution in [3.05, 3.63) is 58.9 Å². The van der Waals surface area contributed by atoms with Crippen molar-refractivity contribution in [1.82, 2.24) is 0 Å². The summed E-state index contributed by atoms with van der Waals surface area (Å²) in [6, 6.07) is 7.55. The first-order valence-electron chi connectivity index (χ1n) is 13.3. The SMILES string of the molecule is CCCC1CCC2CC(c3ccc(-c4cc(F)c(C5=NC(C)(C)CO5)c(F)c4)c(F)c3)CCC2C1. The van der Waals surface area contributed by atoms with Gasteiger partial charge in [0.1, 0.15) is 29.6 Å². The lowest BCUT2D eigenvalue weighted by atomic mass is 9.63. The Morgan fingerprint density at radius 3 is 2.29 bits per heavy atom. The fourth-order valence-corrected chi connectivity index (χ4v) is 6.62. The Balaban J connectivity index is 1.33. The van der Waals surface area contributed by atoms with E-state index in [1.54, 1.807) is 12.1 Å². The maximum atomic E-state index is 15.2. The lowest BCUT2D eigenvalue weighted by Gasteiger charge is -2.42. The third kappa shape index (κ3) is 5.01. The van der Waals surface area contributed by atoms with Gasteiger partial charge in [0.15, 0.2) is 0 Å². The van der Waals surface area contributed by atoms with E-state index in [4.69, 9.17) is 4.74 Å². The van der Waals surface area contributed by atoms with E-state index >= 15 is 4.39 Å². The molecule has 35 heavy (non-hydrogen) atoms. The second-order valence-corrected chi connectivity index (χ2v) is 11.6. The van der Waals surface area contributed by atoms with Gasteiger partial charge in [0.2, 0.25) is 5.90 Å². The van der Waals surface area contributed by atoms with Crippen LogP contribution in [0.1, 0.15) is 89.2 Å². The molecular formula is C30H36F3NO. The van der Waals surface area contributed by atoms with Crippen LogP contribution in [0.2, 0.25) is 0 Å². The molecule has 2 nitrogen and oxygen atoms in total. The molecule has 0 aromatic heterocycles. The first kappa shape index (κ1) is 24.4. The quantitative estimate of drug-likeness (QED) is 0.418. The van der Waals surface area contributed by atoms with Crippen LogP contribution in [-0.4, -0.2) is 18.0 Å². The standard InChI is InChI=1S/C30H36F3NO/c1-4-5-18-6-7-20-13-21(9-8-19(20)12-18)22-10-11-24(25(31)14-22)23-15-26(32)28(27(33)16-23)29-34-30(2,3)17-35-29/h10-11,14-16,18-21H,4-9,12-13,17H2,1-3H3. The van der Waals surface area contributed by atoms with Crippen LogP contribution in [0.3, 0.4) is 0 Å². The minimum Gasteiger partial charge on any atom is -0.475 e. The van der Waals surface area contributed by atoms with Gasteiger partial charge in [0.05, 0.1) is 5.54 Å². The number of rotatable bonds is 5. The molecule has 3 aliphatic rings. The molecule has 0 amide bonds. The molecule has 0 N–H and O–H groups in total. The Bertz CT molecular complexity index is 1100. The van der Waals surface area contributed by atoms with Crippen molar-refractivity contribution >= 4 is 5.90 Å². The van der Waals surface area contributed by atoms with E-state index in [2.05, 4.69) is 11.9 Å². The van der Waals surface area contributed by atoms with Crippen LogP contribution >= 0.6 is 0 Å². The van der Waals surface area contributed by atoms with E-state index in [0.717, 1.165) is 36.2 Å². The van der Waals surface area contributed by atoms with Crippen molar-refractivity contribution in [3.8, 4) is 11.1 Å². The zero-order chi connectivity index (χ0) is 24.7. The Hall–Kier alpha value is -2.30. The molecule has 2 aromatic carbocycles. The summed E-state index contributed by atoms with van der Waals surface area (Å²) in [6.45, 7) is 6.22. The van der Waals surface area contributed by atoms with Crippen molar-refractivity contribution in [1.29, 1.82) is 0 Å². The van der Waals surface area contributed by atoms with E-state index < -0.39 is 23.0 Å². The largest absolute Gasteiger partial charge is 0.475 e. The normalized spacial score (nSPS) is 27.8. The summed E-state index contributed by atoms with van der Waals surface area (Å²) in [5.74, 6) is 0.758. The number of halogens is 3. The minimum atomic E-state index is -0.795. The molecule has 0 spiro atoms. The molecular weight excluding hydrogens is 447 g/mol. The van der Waals surface area contributed by atoms with Gasteiger partial charge in [-0.15, -0.1) is 0 Å². The molecule has 2 saturated carbocycles. The number of benzene rings is 2. The fourth-order valence-electron chi connectivity index (χ4n) is 6.62. The van der Waals surface area contributed by atoms with Gasteiger partial charge in [-0.05, 0) is 98.9 Å². The highest BCUT2D eigenvalue weighted by molar-refractivity contribution is 5.96. The van der Waals surface area contributed by atoms with Gasteiger partial charge in [-0.1, -0.05) is 38.3 Å². The molecule has 2 aliphatic carbocycles. The van der Waals surface area contributed by atoms with Crippen LogP contribution in [0.4, 0.5) is 13.2 Å². The van der Waals surface area contributed by atoms with Gasteiger partial charge in [-0.25, -0.2) is 18.2 Å². The van der Waals surface area contributed by atoms with Gasteiger partial charge >= 0.3 is 0 Å². The third-order valence-electron chi connectivity index (χ3n) is 8.42. The second kappa shape index (κ2) is 9.63. The summed E-state index contributed by atoms with van der Waals surface area (Å²) in [4.78, 5) is 4.28. The van der Waals surface area contributed by atoms with Crippen LogP contribution in [0.15, 0.2) is 35.3 Å². The smallest absolute Gasteiger partial charge is 0.222 e. The molecule has 5 rings (SSSR count). The highest BCUT2D eigenvalue weighted by Gasteiger charge is 2.36. The Labute approximate surface area is 207 Å². The Kier molecular flexibility index (Phi) is 6.71. The van der Waals surface area contributed by atoms with Crippen molar-refractivity contribution < 1.29 is 17.9 Å². The summed E-state index contributed by atoms with van der Waals surface area (Å²) >= 11 is 0. The van der Waals surface area contributed by atoms with Crippen LogP contribution in [0, 0.1) is 35.2 Å². The molecule has 1 heterocycles. The first-order valence-corrected chi connectivity index (χ1v) is 13.3. The fraction of sp³-hybridized carbons (Fsp3) is 0.567.